The molecule has 0 radical (unpaired) electrons. The van der Waals surface area contributed by atoms with E-state index in [0.29, 0.717) is 38.3 Å². The number of hydrogen-bond acceptors (Lipinski definition) is 8. The first kappa shape index (κ1) is 35.1. The summed E-state index contributed by atoms with van der Waals surface area (Å²) in [5, 5.41) is 19.1. The number of carbonyl (C=O) groups is 2. The third kappa shape index (κ3) is 16.5. The highest BCUT2D eigenvalue weighted by molar-refractivity contribution is 5.78. The molecule has 10 nitrogen and oxygen atoms in total. The van der Waals surface area contributed by atoms with Crippen molar-refractivity contribution in [3.8, 4) is 0 Å². The molecule has 216 valence electrons. The van der Waals surface area contributed by atoms with Crippen LogP contribution in [0.5, 0.6) is 0 Å². The first-order chi connectivity index (χ1) is 17.4. The van der Waals surface area contributed by atoms with E-state index < -0.39 is 11.1 Å². The molecular weight excluding hydrogens is 472 g/mol. The van der Waals surface area contributed by atoms with Crippen LogP contribution in [0.3, 0.4) is 0 Å². The maximum Gasteiger partial charge on any atom is 0.220 e. The van der Waals surface area contributed by atoms with Gasteiger partial charge in [0.15, 0.2) is 0 Å². The predicted octanol–water partition coefficient (Wildman–Crippen LogP) is 4.41. The molecule has 0 aliphatic carbocycles. The molecule has 2 amide bonds. The molecule has 4 N–H and O–H groups in total. The number of unbranched alkanes of at least 4 members (excludes halogenated alkanes) is 2. The molecule has 0 spiro atoms. The van der Waals surface area contributed by atoms with Crippen molar-refractivity contribution >= 4 is 11.8 Å². The third-order valence-corrected chi connectivity index (χ3v) is 7.46. The second-order valence-corrected chi connectivity index (χ2v) is 11.4. The van der Waals surface area contributed by atoms with Gasteiger partial charge in [-0.3, -0.25) is 9.59 Å². The number of nitroso groups, excluding NO2 is 2. The van der Waals surface area contributed by atoms with Gasteiger partial charge in [-0.25, -0.2) is 0 Å². The summed E-state index contributed by atoms with van der Waals surface area (Å²) in [4.78, 5) is 46.0. The Morgan fingerprint density at radius 3 is 1.54 bits per heavy atom. The molecule has 0 bridgehead atoms. The Kier molecular flexibility index (Phi) is 18.2. The summed E-state index contributed by atoms with van der Waals surface area (Å²) in [6.07, 6.45) is 7.04. The molecule has 0 rings (SSSR count). The highest BCUT2D eigenvalue weighted by Gasteiger charge is 2.27. The average Bonchev–Trinajstić information content (AvgIpc) is 2.84. The van der Waals surface area contributed by atoms with E-state index >= 15 is 0 Å². The number of amides is 2. The minimum absolute atomic E-state index is 0.00742. The van der Waals surface area contributed by atoms with Crippen LogP contribution in [0.4, 0.5) is 0 Å². The molecule has 0 aromatic carbocycles. The lowest BCUT2D eigenvalue weighted by atomic mass is 9.92. The second kappa shape index (κ2) is 19.2. The summed E-state index contributed by atoms with van der Waals surface area (Å²) in [7, 11) is 0. The standard InChI is InChI=1S/C27H54N6O4/c1-8-9-10-17-28-24(34)12-11-13-25(35)29-18-14-23(15-19-30-26(4,5)21(2)32-36)16-20-31-27(6,7)22(3)33-37/h21-23,30-31H,8-20H2,1-7H3,(H,28,34)(H,29,35). The van der Waals surface area contributed by atoms with Crippen molar-refractivity contribution in [2.75, 3.05) is 26.2 Å². The maximum absolute atomic E-state index is 12.3. The molecule has 0 heterocycles. The monoisotopic (exact) mass is 526 g/mol. The zero-order valence-electron chi connectivity index (χ0n) is 24.5. The zero-order chi connectivity index (χ0) is 28.3. The lowest BCUT2D eigenvalue weighted by Crippen LogP contribution is -2.48. The van der Waals surface area contributed by atoms with Gasteiger partial charge in [0.2, 0.25) is 11.8 Å². The maximum atomic E-state index is 12.3. The van der Waals surface area contributed by atoms with Crippen molar-refractivity contribution in [1.82, 2.24) is 21.3 Å². The molecule has 2 unspecified atom stereocenters. The van der Waals surface area contributed by atoms with E-state index in [1.54, 1.807) is 13.8 Å². The van der Waals surface area contributed by atoms with E-state index in [1.165, 1.54) is 0 Å². The summed E-state index contributed by atoms with van der Waals surface area (Å²) in [6, 6.07) is -0.688. The summed E-state index contributed by atoms with van der Waals surface area (Å²) in [5.41, 5.74) is -0.789. The van der Waals surface area contributed by atoms with E-state index in [4.69, 9.17) is 0 Å². The van der Waals surface area contributed by atoms with Crippen molar-refractivity contribution in [2.45, 2.75) is 129 Å². The summed E-state index contributed by atoms with van der Waals surface area (Å²) in [6.45, 7) is 16.3. The number of nitrogens with zero attached hydrogens (tertiary/aromatic N) is 2. The fraction of sp³-hybridized carbons (Fsp3) is 0.926. The van der Waals surface area contributed by atoms with Gasteiger partial charge in [0.05, 0.1) is 0 Å². The molecule has 0 saturated carbocycles. The van der Waals surface area contributed by atoms with Gasteiger partial charge in [-0.1, -0.05) is 30.1 Å². The number of rotatable bonds is 23. The molecule has 0 aromatic heterocycles. The van der Waals surface area contributed by atoms with Gasteiger partial charge in [0, 0.05) is 37.0 Å². The highest BCUT2D eigenvalue weighted by atomic mass is 16.3. The van der Waals surface area contributed by atoms with Crippen LogP contribution in [0.1, 0.15) is 106 Å². The van der Waals surface area contributed by atoms with E-state index in [2.05, 4.69) is 38.5 Å². The Bertz CT molecular complexity index is 639. The van der Waals surface area contributed by atoms with E-state index in [9.17, 15) is 19.4 Å². The van der Waals surface area contributed by atoms with Crippen LogP contribution >= 0.6 is 0 Å². The molecule has 0 aliphatic heterocycles. The fourth-order valence-corrected chi connectivity index (χ4v) is 3.79. The Hall–Kier alpha value is -1.94. The van der Waals surface area contributed by atoms with Crippen molar-refractivity contribution in [2.24, 2.45) is 16.3 Å². The van der Waals surface area contributed by atoms with Crippen LogP contribution in [-0.4, -0.2) is 61.2 Å². The first-order valence-electron chi connectivity index (χ1n) is 14.1. The smallest absolute Gasteiger partial charge is 0.220 e. The molecule has 0 aliphatic rings. The molecule has 0 aromatic rings. The lowest BCUT2D eigenvalue weighted by Gasteiger charge is -2.31. The van der Waals surface area contributed by atoms with Crippen molar-refractivity contribution < 1.29 is 9.59 Å². The average molecular weight is 527 g/mol. The van der Waals surface area contributed by atoms with Crippen LogP contribution in [0.15, 0.2) is 10.4 Å². The predicted molar refractivity (Wildman–Crippen MR) is 151 cm³/mol. The summed E-state index contributed by atoms with van der Waals surface area (Å²) in [5.74, 6) is 0.306. The van der Waals surface area contributed by atoms with Gasteiger partial charge in [0.25, 0.3) is 0 Å². The fourth-order valence-electron chi connectivity index (χ4n) is 3.79. The van der Waals surface area contributed by atoms with Crippen LogP contribution in [0, 0.1) is 15.7 Å². The Morgan fingerprint density at radius 1 is 0.676 bits per heavy atom. The highest BCUT2D eigenvalue weighted by Crippen LogP contribution is 2.17. The SMILES string of the molecule is CCCCCNC(=O)CCCC(=O)NCCC(CCNC(C)(C)C(C)N=O)CCNC(C)(C)C(C)N=O. The van der Waals surface area contributed by atoms with E-state index in [-0.39, 0.29) is 23.9 Å². The summed E-state index contributed by atoms with van der Waals surface area (Å²) < 4.78 is 0. The van der Waals surface area contributed by atoms with Gasteiger partial charge >= 0.3 is 0 Å². The summed E-state index contributed by atoms with van der Waals surface area (Å²) >= 11 is 0. The second-order valence-electron chi connectivity index (χ2n) is 11.4. The minimum atomic E-state index is -0.395. The van der Waals surface area contributed by atoms with E-state index in [0.717, 1.165) is 51.6 Å². The molecule has 2 atom stereocenters. The molecule has 0 saturated heterocycles. The molecule has 10 heteroatoms. The van der Waals surface area contributed by atoms with Crippen molar-refractivity contribution in [1.29, 1.82) is 0 Å². The van der Waals surface area contributed by atoms with Crippen LogP contribution < -0.4 is 21.3 Å². The quantitative estimate of drug-likeness (QED) is 0.115. The van der Waals surface area contributed by atoms with Crippen molar-refractivity contribution in [3.63, 3.8) is 0 Å². The number of carbonyl (C=O) groups excluding carboxylic acids is 2. The van der Waals surface area contributed by atoms with Gasteiger partial charge in [-0.15, -0.1) is 0 Å². The molecule has 0 fully saturated rings. The van der Waals surface area contributed by atoms with Gasteiger partial charge < -0.3 is 21.3 Å². The Labute approximate surface area is 224 Å². The van der Waals surface area contributed by atoms with Crippen LogP contribution in [0.2, 0.25) is 0 Å². The van der Waals surface area contributed by atoms with Crippen LogP contribution in [-0.2, 0) is 9.59 Å². The van der Waals surface area contributed by atoms with Crippen molar-refractivity contribution in [3.05, 3.63) is 9.81 Å². The Balaban J connectivity index is 4.57. The minimum Gasteiger partial charge on any atom is -0.356 e. The van der Waals surface area contributed by atoms with Gasteiger partial charge in [-0.05, 0) is 92.7 Å². The van der Waals surface area contributed by atoms with E-state index in [1.807, 2.05) is 27.7 Å². The molecule has 37 heavy (non-hydrogen) atoms. The molecular formula is C27H54N6O4. The van der Waals surface area contributed by atoms with Gasteiger partial charge in [0.1, 0.15) is 12.1 Å². The normalized spacial score (nSPS) is 14.5. The zero-order valence-corrected chi connectivity index (χ0v) is 24.5. The number of nitrogens with one attached hydrogen (secondary N) is 4. The third-order valence-electron chi connectivity index (χ3n) is 7.46. The Morgan fingerprint density at radius 2 is 1.11 bits per heavy atom. The topological polar surface area (TPSA) is 141 Å². The number of hydrogen-bond donors (Lipinski definition) is 4. The first-order valence-corrected chi connectivity index (χ1v) is 14.1. The largest absolute Gasteiger partial charge is 0.356 e. The lowest BCUT2D eigenvalue weighted by molar-refractivity contribution is -0.122. The van der Waals surface area contributed by atoms with Gasteiger partial charge in [-0.2, -0.15) is 9.81 Å². The van der Waals surface area contributed by atoms with Crippen LogP contribution in [0.25, 0.3) is 0 Å².